The molecule has 0 radical (unpaired) electrons. The summed E-state index contributed by atoms with van der Waals surface area (Å²) in [6.07, 6.45) is 5.70. The van der Waals surface area contributed by atoms with E-state index < -0.39 is 0 Å². The minimum Gasteiger partial charge on any atom is -0.392 e. The maximum absolute atomic E-state index is 11.5. The molecular formula is C10H16O2. The minimum atomic E-state index is -0.323. The number of ketones is 1. The van der Waals surface area contributed by atoms with Crippen LogP contribution in [-0.2, 0) is 4.79 Å². The molecule has 0 spiro atoms. The van der Waals surface area contributed by atoms with Crippen LogP contribution in [0.5, 0.6) is 0 Å². The number of hydrogen-bond acceptors (Lipinski definition) is 2. The lowest BCUT2D eigenvalue weighted by Crippen LogP contribution is -2.40. The second-order valence-corrected chi connectivity index (χ2v) is 4.14. The molecule has 2 fully saturated rings. The van der Waals surface area contributed by atoms with Gasteiger partial charge in [-0.1, -0.05) is 6.42 Å². The molecule has 0 unspecified atom stereocenters. The van der Waals surface area contributed by atoms with Crippen molar-refractivity contribution in [3.63, 3.8) is 0 Å². The van der Waals surface area contributed by atoms with Gasteiger partial charge in [0.05, 0.1) is 6.10 Å². The second kappa shape index (κ2) is 3.17. The molecule has 2 aliphatic rings. The Bertz CT molecular complexity index is 186. The third kappa shape index (κ3) is 1.28. The van der Waals surface area contributed by atoms with E-state index in [9.17, 15) is 9.90 Å². The molecule has 0 heterocycles. The van der Waals surface area contributed by atoms with E-state index in [1.54, 1.807) is 0 Å². The van der Waals surface area contributed by atoms with Gasteiger partial charge in [-0.15, -0.1) is 0 Å². The first-order valence-electron chi connectivity index (χ1n) is 5.00. The Labute approximate surface area is 73.0 Å². The molecule has 2 saturated carbocycles. The summed E-state index contributed by atoms with van der Waals surface area (Å²) in [5.41, 5.74) is 0. The average molecular weight is 168 g/mol. The van der Waals surface area contributed by atoms with E-state index in [2.05, 4.69) is 0 Å². The molecular weight excluding hydrogens is 152 g/mol. The van der Waals surface area contributed by atoms with Crippen LogP contribution in [0.1, 0.15) is 38.5 Å². The topological polar surface area (TPSA) is 37.3 Å². The van der Waals surface area contributed by atoms with Gasteiger partial charge in [0.25, 0.3) is 0 Å². The van der Waals surface area contributed by atoms with Crippen LogP contribution in [0.2, 0.25) is 0 Å². The van der Waals surface area contributed by atoms with Crippen LogP contribution >= 0.6 is 0 Å². The summed E-state index contributed by atoms with van der Waals surface area (Å²) in [7, 11) is 0. The van der Waals surface area contributed by atoms with Crippen LogP contribution in [0.25, 0.3) is 0 Å². The zero-order valence-electron chi connectivity index (χ0n) is 7.33. The number of aliphatic hydroxyl groups excluding tert-OH is 1. The molecule has 2 aliphatic carbocycles. The van der Waals surface area contributed by atoms with Crippen LogP contribution in [0, 0.1) is 11.8 Å². The Kier molecular flexibility index (Phi) is 2.18. The smallest absolute Gasteiger partial charge is 0.138 e. The molecule has 2 rings (SSSR count). The molecule has 0 aliphatic heterocycles. The number of rotatable bonds is 0. The van der Waals surface area contributed by atoms with Crippen molar-refractivity contribution in [3.05, 3.63) is 0 Å². The normalized spacial score (nSPS) is 42.4. The standard InChI is InChI=1S/C10H16O2/c11-8-5-1-3-7-4-2-6-9(12)10(7)8/h7-8,10-11H,1-6H2/t7-,8-,10+/m1/s1. The number of aliphatic hydroxyl groups is 1. The van der Waals surface area contributed by atoms with Gasteiger partial charge in [-0.05, 0) is 31.6 Å². The minimum absolute atomic E-state index is 0.00694. The second-order valence-electron chi connectivity index (χ2n) is 4.14. The van der Waals surface area contributed by atoms with Crippen molar-refractivity contribution in [1.82, 2.24) is 0 Å². The highest BCUT2D eigenvalue weighted by Gasteiger charge is 2.38. The molecule has 0 bridgehead atoms. The highest BCUT2D eigenvalue weighted by atomic mass is 16.3. The highest BCUT2D eigenvalue weighted by Crippen LogP contribution is 2.38. The Balaban J connectivity index is 2.12. The fraction of sp³-hybridized carbons (Fsp3) is 0.900. The maximum atomic E-state index is 11.5. The zero-order valence-corrected chi connectivity index (χ0v) is 7.33. The number of fused-ring (bicyclic) bond motifs is 1. The monoisotopic (exact) mass is 168 g/mol. The van der Waals surface area contributed by atoms with E-state index in [0.717, 1.165) is 32.1 Å². The quantitative estimate of drug-likeness (QED) is 0.595. The highest BCUT2D eigenvalue weighted by molar-refractivity contribution is 5.82. The molecule has 0 aromatic rings. The summed E-state index contributed by atoms with van der Waals surface area (Å²) >= 11 is 0. The molecule has 0 aromatic carbocycles. The van der Waals surface area contributed by atoms with E-state index in [0.29, 0.717) is 18.1 Å². The van der Waals surface area contributed by atoms with Gasteiger partial charge in [-0.25, -0.2) is 0 Å². The van der Waals surface area contributed by atoms with Gasteiger partial charge in [0.2, 0.25) is 0 Å². The van der Waals surface area contributed by atoms with Crippen molar-refractivity contribution in [2.24, 2.45) is 11.8 Å². The first kappa shape index (κ1) is 8.24. The Morgan fingerprint density at radius 3 is 2.67 bits per heavy atom. The lowest BCUT2D eigenvalue weighted by Gasteiger charge is -2.37. The van der Waals surface area contributed by atoms with Gasteiger partial charge >= 0.3 is 0 Å². The van der Waals surface area contributed by atoms with Gasteiger partial charge < -0.3 is 5.11 Å². The van der Waals surface area contributed by atoms with Crippen LogP contribution in [0.3, 0.4) is 0 Å². The number of hydrogen-bond donors (Lipinski definition) is 1. The molecule has 2 heteroatoms. The molecule has 0 aromatic heterocycles. The van der Waals surface area contributed by atoms with Crippen molar-refractivity contribution in [2.75, 3.05) is 0 Å². The van der Waals surface area contributed by atoms with Crippen LogP contribution < -0.4 is 0 Å². The first-order chi connectivity index (χ1) is 5.79. The lowest BCUT2D eigenvalue weighted by molar-refractivity contribution is -0.133. The summed E-state index contributed by atoms with van der Waals surface area (Å²) in [5.74, 6) is 0.834. The Morgan fingerprint density at radius 2 is 1.92 bits per heavy atom. The number of carbonyl (C=O) groups is 1. The molecule has 0 saturated heterocycles. The third-order valence-corrected chi connectivity index (χ3v) is 3.37. The molecule has 0 amide bonds. The van der Waals surface area contributed by atoms with Crippen molar-refractivity contribution >= 4 is 5.78 Å². The number of carbonyl (C=O) groups excluding carboxylic acids is 1. The molecule has 2 nitrogen and oxygen atoms in total. The summed E-state index contributed by atoms with van der Waals surface area (Å²) in [4.78, 5) is 11.5. The van der Waals surface area contributed by atoms with Crippen molar-refractivity contribution in [2.45, 2.75) is 44.6 Å². The van der Waals surface area contributed by atoms with Crippen LogP contribution in [-0.4, -0.2) is 17.0 Å². The van der Waals surface area contributed by atoms with E-state index >= 15 is 0 Å². The molecule has 68 valence electrons. The van der Waals surface area contributed by atoms with Gasteiger partial charge in [-0.2, -0.15) is 0 Å². The van der Waals surface area contributed by atoms with Crippen molar-refractivity contribution in [3.8, 4) is 0 Å². The van der Waals surface area contributed by atoms with E-state index in [4.69, 9.17) is 0 Å². The molecule has 12 heavy (non-hydrogen) atoms. The molecule has 1 N–H and O–H groups in total. The van der Waals surface area contributed by atoms with Crippen LogP contribution in [0.15, 0.2) is 0 Å². The molecule has 3 atom stereocenters. The first-order valence-corrected chi connectivity index (χ1v) is 5.00. The Morgan fingerprint density at radius 1 is 1.17 bits per heavy atom. The predicted molar refractivity (Wildman–Crippen MR) is 45.7 cm³/mol. The Hall–Kier alpha value is -0.370. The van der Waals surface area contributed by atoms with Crippen molar-refractivity contribution < 1.29 is 9.90 Å². The maximum Gasteiger partial charge on any atom is 0.138 e. The summed E-state index contributed by atoms with van der Waals surface area (Å²) < 4.78 is 0. The van der Waals surface area contributed by atoms with Gasteiger partial charge in [0.15, 0.2) is 0 Å². The van der Waals surface area contributed by atoms with Gasteiger partial charge in [0, 0.05) is 12.3 Å². The van der Waals surface area contributed by atoms with E-state index in [-0.39, 0.29) is 12.0 Å². The third-order valence-electron chi connectivity index (χ3n) is 3.37. The summed E-state index contributed by atoms with van der Waals surface area (Å²) in [6, 6.07) is 0. The number of Topliss-reactive ketones (excluding diaryl/α,β-unsaturated/α-hetero) is 1. The predicted octanol–water partition coefficient (Wildman–Crippen LogP) is 1.52. The SMILES string of the molecule is O=C1CCC[C@H]2CCC[C@@H](O)[C@@H]12. The largest absolute Gasteiger partial charge is 0.392 e. The lowest BCUT2D eigenvalue weighted by atomic mass is 9.69. The average Bonchev–Trinajstić information content (AvgIpc) is 2.04. The summed E-state index contributed by atoms with van der Waals surface area (Å²) in [6.45, 7) is 0. The van der Waals surface area contributed by atoms with Gasteiger partial charge in [-0.3, -0.25) is 4.79 Å². The fourth-order valence-electron chi connectivity index (χ4n) is 2.77. The van der Waals surface area contributed by atoms with Gasteiger partial charge in [0.1, 0.15) is 5.78 Å². The van der Waals surface area contributed by atoms with E-state index in [1.807, 2.05) is 0 Å². The zero-order chi connectivity index (χ0) is 8.55. The summed E-state index contributed by atoms with van der Waals surface area (Å²) in [5, 5.41) is 9.65. The van der Waals surface area contributed by atoms with Crippen LogP contribution in [0.4, 0.5) is 0 Å². The van der Waals surface area contributed by atoms with E-state index in [1.165, 1.54) is 0 Å². The van der Waals surface area contributed by atoms with Crippen molar-refractivity contribution in [1.29, 1.82) is 0 Å². The fourth-order valence-corrected chi connectivity index (χ4v) is 2.77.